The Kier molecular flexibility index (Phi) is 4.97. The third-order valence-corrected chi connectivity index (χ3v) is 8.70. The Morgan fingerprint density at radius 3 is 3.08 bits per heavy atom. The number of benzene rings is 1. The van der Waals surface area contributed by atoms with E-state index in [1.807, 2.05) is 33.7 Å². The van der Waals surface area contributed by atoms with Gasteiger partial charge in [0.05, 0.1) is 6.26 Å². The molecule has 6 heteroatoms. The van der Waals surface area contributed by atoms with Gasteiger partial charge in [-0.15, -0.1) is 0 Å². The summed E-state index contributed by atoms with van der Waals surface area (Å²) in [4.78, 5) is 0. The topological polar surface area (TPSA) is 54.6 Å². The minimum absolute atomic E-state index is 0.150. The third kappa shape index (κ3) is 3.68. The molecule has 3 unspecified atom stereocenters. The number of nitrogens with one attached hydrogen (secondary N) is 1. The molecule has 2 aliphatic rings. The quantitative estimate of drug-likeness (QED) is 0.769. The number of rotatable bonds is 5. The number of hydrogen-bond donors (Lipinski definition) is 2. The van der Waals surface area contributed by atoms with E-state index in [9.17, 15) is 5.11 Å². The first-order chi connectivity index (χ1) is 12.0. The molecule has 136 valence electrons. The van der Waals surface area contributed by atoms with E-state index in [0.717, 1.165) is 36.1 Å². The largest absolute Gasteiger partial charge is 0.487 e. The van der Waals surface area contributed by atoms with Gasteiger partial charge in [-0.2, -0.15) is 0 Å². The van der Waals surface area contributed by atoms with Crippen LogP contribution in [0.25, 0.3) is 11.0 Å². The summed E-state index contributed by atoms with van der Waals surface area (Å²) in [5.74, 6) is 2.07. The number of aliphatic hydroxyl groups excluding tert-OH is 1. The van der Waals surface area contributed by atoms with Gasteiger partial charge in [-0.1, -0.05) is 35.4 Å². The van der Waals surface area contributed by atoms with Crippen molar-refractivity contribution in [3.63, 3.8) is 0 Å². The summed E-state index contributed by atoms with van der Waals surface area (Å²) < 4.78 is 11.6. The molecule has 1 saturated heterocycles. The molecule has 1 aromatic carbocycles. The Labute approximate surface area is 156 Å². The Morgan fingerprint density at radius 1 is 1.40 bits per heavy atom. The lowest BCUT2D eigenvalue weighted by atomic mass is 9.91. The van der Waals surface area contributed by atoms with Crippen molar-refractivity contribution in [1.82, 2.24) is 5.32 Å². The van der Waals surface area contributed by atoms with E-state index >= 15 is 0 Å². The Bertz CT molecular complexity index is 745. The van der Waals surface area contributed by atoms with Crippen molar-refractivity contribution >= 4 is 32.6 Å². The number of aliphatic hydroxyl groups is 1. The molecule has 0 radical (unpaired) electrons. The smallest absolute Gasteiger partial charge is 0.134 e. The number of fused-ring (bicyclic) bond motifs is 2. The average Bonchev–Trinajstić information content (AvgIpc) is 3.17. The molecule has 1 fully saturated rings. The molecule has 2 aromatic rings. The van der Waals surface area contributed by atoms with Crippen LogP contribution in [0.3, 0.4) is 0 Å². The van der Waals surface area contributed by atoms with Crippen molar-refractivity contribution in [2.24, 2.45) is 5.41 Å². The van der Waals surface area contributed by atoms with Crippen LogP contribution in [0.5, 0.6) is 5.75 Å². The van der Waals surface area contributed by atoms with Crippen LogP contribution in [0.1, 0.15) is 25.8 Å². The van der Waals surface area contributed by atoms with E-state index < -0.39 is 6.10 Å². The average molecular weight is 380 g/mol. The highest BCUT2D eigenvalue weighted by Crippen LogP contribution is 2.48. The number of hydrogen-bond acceptors (Lipinski definition) is 6. The molecule has 0 bridgehead atoms. The number of ether oxygens (including phenoxy) is 1. The van der Waals surface area contributed by atoms with Gasteiger partial charge < -0.3 is 19.6 Å². The zero-order valence-electron chi connectivity index (χ0n) is 14.7. The van der Waals surface area contributed by atoms with E-state index in [1.165, 1.54) is 11.3 Å². The van der Waals surface area contributed by atoms with Gasteiger partial charge in [0.1, 0.15) is 23.5 Å². The van der Waals surface area contributed by atoms with Gasteiger partial charge in [0.15, 0.2) is 0 Å². The first-order valence-electron chi connectivity index (χ1n) is 8.87. The van der Waals surface area contributed by atoms with Crippen LogP contribution in [0.15, 0.2) is 28.9 Å². The van der Waals surface area contributed by atoms with Crippen LogP contribution in [0.4, 0.5) is 0 Å². The summed E-state index contributed by atoms with van der Waals surface area (Å²) in [6.07, 6.45) is 2.81. The highest BCUT2D eigenvalue weighted by molar-refractivity contribution is 8.77. The van der Waals surface area contributed by atoms with Gasteiger partial charge in [0.25, 0.3) is 0 Å². The number of aryl methyl sites for hydroxylation is 1. The maximum absolute atomic E-state index is 10.6. The fourth-order valence-corrected chi connectivity index (χ4v) is 7.39. The summed E-state index contributed by atoms with van der Waals surface area (Å²) >= 11 is 0. The van der Waals surface area contributed by atoms with Crippen LogP contribution in [0.2, 0.25) is 0 Å². The van der Waals surface area contributed by atoms with E-state index in [0.29, 0.717) is 17.2 Å². The summed E-state index contributed by atoms with van der Waals surface area (Å²) in [6, 6.07) is 6.03. The molecular weight excluding hydrogens is 354 g/mol. The van der Waals surface area contributed by atoms with Crippen molar-refractivity contribution in [2.75, 3.05) is 18.8 Å². The van der Waals surface area contributed by atoms with E-state index in [-0.39, 0.29) is 6.10 Å². The Morgan fingerprint density at radius 2 is 2.28 bits per heavy atom. The molecule has 4 nitrogen and oxygen atoms in total. The summed E-state index contributed by atoms with van der Waals surface area (Å²) in [5, 5.41) is 15.6. The fraction of sp³-hybridized carbons (Fsp3) is 0.579. The van der Waals surface area contributed by atoms with Gasteiger partial charge in [0, 0.05) is 29.5 Å². The monoisotopic (exact) mass is 379 g/mol. The van der Waals surface area contributed by atoms with Gasteiger partial charge in [0.2, 0.25) is 0 Å². The molecule has 3 atom stereocenters. The van der Waals surface area contributed by atoms with Gasteiger partial charge >= 0.3 is 0 Å². The molecule has 3 heterocycles. The van der Waals surface area contributed by atoms with E-state index in [4.69, 9.17) is 9.15 Å². The second-order valence-corrected chi connectivity index (χ2v) is 10.2. The SMILES string of the molecule is CC1(C)CSSC1CNCC(O)C1CCc2cc3occc3cc2O1. The zero-order valence-corrected chi connectivity index (χ0v) is 16.3. The van der Waals surface area contributed by atoms with Gasteiger partial charge in [-0.3, -0.25) is 0 Å². The van der Waals surface area contributed by atoms with Crippen molar-refractivity contribution in [2.45, 2.75) is 44.1 Å². The van der Waals surface area contributed by atoms with E-state index in [2.05, 4.69) is 25.2 Å². The highest BCUT2D eigenvalue weighted by atomic mass is 33.1. The van der Waals surface area contributed by atoms with E-state index in [1.54, 1.807) is 6.26 Å². The van der Waals surface area contributed by atoms with Crippen LogP contribution < -0.4 is 10.1 Å². The second kappa shape index (κ2) is 7.06. The molecular formula is C19H25NO3S2. The molecule has 0 saturated carbocycles. The molecule has 25 heavy (non-hydrogen) atoms. The molecule has 0 spiro atoms. The van der Waals surface area contributed by atoms with Crippen molar-refractivity contribution in [1.29, 1.82) is 0 Å². The molecule has 0 amide bonds. The first kappa shape index (κ1) is 17.6. The van der Waals surface area contributed by atoms with Crippen LogP contribution >= 0.6 is 21.6 Å². The lowest BCUT2D eigenvalue weighted by molar-refractivity contribution is 0.0245. The summed E-state index contributed by atoms with van der Waals surface area (Å²) in [5.41, 5.74) is 2.42. The minimum Gasteiger partial charge on any atom is -0.487 e. The Hall–Kier alpha value is -0.820. The van der Waals surface area contributed by atoms with Crippen LogP contribution in [-0.4, -0.2) is 41.4 Å². The first-order valence-corrected chi connectivity index (χ1v) is 11.2. The minimum atomic E-state index is -0.490. The normalized spacial score (nSPS) is 26.4. The van der Waals surface area contributed by atoms with Crippen LogP contribution in [-0.2, 0) is 6.42 Å². The van der Waals surface area contributed by atoms with Crippen molar-refractivity contribution in [3.8, 4) is 5.75 Å². The number of furan rings is 1. The van der Waals surface area contributed by atoms with Crippen LogP contribution in [0, 0.1) is 5.41 Å². The molecule has 0 aliphatic carbocycles. The molecule has 1 aromatic heterocycles. The molecule has 2 aliphatic heterocycles. The van der Waals surface area contributed by atoms with Gasteiger partial charge in [-0.25, -0.2) is 0 Å². The maximum Gasteiger partial charge on any atom is 0.134 e. The molecule has 2 N–H and O–H groups in total. The zero-order chi connectivity index (χ0) is 17.4. The van der Waals surface area contributed by atoms with Crippen molar-refractivity contribution in [3.05, 3.63) is 30.0 Å². The maximum atomic E-state index is 10.6. The van der Waals surface area contributed by atoms with Gasteiger partial charge in [-0.05, 0) is 42.0 Å². The highest BCUT2D eigenvalue weighted by Gasteiger charge is 2.36. The summed E-state index contributed by atoms with van der Waals surface area (Å²) in [6.45, 7) is 6.15. The Balaban J connectivity index is 1.33. The predicted molar refractivity (Wildman–Crippen MR) is 105 cm³/mol. The molecule has 4 rings (SSSR count). The lowest BCUT2D eigenvalue weighted by Crippen LogP contribution is -2.44. The predicted octanol–water partition coefficient (Wildman–Crippen LogP) is 3.87. The lowest BCUT2D eigenvalue weighted by Gasteiger charge is -2.30. The summed E-state index contributed by atoms with van der Waals surface area (Å²) in [7, 11) is 3.91. The fourth-order valence-electron chi connectivity index (χ4n) is 3.42. The van der Waals surface area contributed by atoms with Crippen molar-refractivity contribution < 1.29 is 14.3 Å². The standard InChI is InChI=1S/C19H25NO3S2/c1-19(2)11-24-25-18(19)10-20-9-14(21)15-4-3-12-7-16-13(5-6-22-16)8-17(12)23-15/h5-8,14-15,18,20-21H,3-4,9-11H2,1-2H3. The third-order valence-electron chi connectivity index (χ3n) is 5.21. The second-order valence-electron chi connectivity index (χ2n) is 7.67.